The van der Waals surface area contributed by atoms with Crippen molar-refractivity contribution in [3.8, 4) is 0 Å². The molecule has 2 aliphatic heterocycles. The lowest BCUT2D eigenvalue weighted by molar-refractivity contribution is -0.0452. The van der Waals surface area contributed by atoms with E-state index in [1.165, 1.54) is 10.8 Å². The Hall–Kier alpha value is -3.01. The summed E-state index contributed by atoms with van der Waals surface area (Å²) in [5.41, 5.74) is 0.941. The monoisotopic (exact) mass is 463 g/mol. The van der Waals surface area contributed by atoms with E-state index in [-0.39, 0.29) is 6.29 Å². The van der Waals surface area contributed by atoms with Gasteiger partial charge in [0.05, 0.1) is 13.2 Å². The maximum absolute atomic E-state index is 5.69. The first-order valence-electron chi connectivity index (χ1n) is 12.1. The van der Waals surface area contributed by atoms with Crippen molar-refractivity contribution in [2.24, 2.45) is 0 Å². The van der Waals surface area contributed by atoms with Crippen LogP contribution in [0.4, 0.5) is 23.5 Å². The molecule has 2 N–H and O–H groups in total. The number of nitrogens with zero attached hydrogens (tertiary/aromatic N) is 5. The highest BCUT2D eigenvalue weighted by atomic mass is 16.7. The first kappa shape index (κ1) is 22.8. The zero-order valence-corrected chi connectivity index (χ0v) is 19.9. The highest BCUT2D eigenvalue weighted by Gasteiger charge is 2.28. The molecule has 0 amide bonds. The van der Waals surface area contributed by atoms with Gasteiger partial charge in [0.15, 0.2) is 6.29 Å². The smallest absolute Gasteiger partial charge is 0.233 e. The minimum atomic E-state index is -0.158. The summed E-state index contributed by atoms with van der Waals surface area (Å²) in [6, 6.07) is 14.9. The minimum absolute atomic E-state index is 0.158. The van der Waals surface area contributed by atoms with E-state index in [2.05, 4.69) is 56.7 Å². The predicted octanol–water partition coefficient (Wildman–Crippen LogP) is 3.47. The molecule has 2 aromatic carbocycles. The SMILES string of the molecule is CNc1nc(Nc2ccc3ccccc3c2)nc(N(CCC2OCCO2)C2CCN(C)CC2)n1. The van der Waals surface area contributed by atoms with Crippen LogP contribution in [-0.4, -0.2) is 79.1 Å². The molecule has 0 unspecified atom stereocenters. The molecular weight excluding hydrogens is 430 g/mol. The number of aromatic nitrogens is 3. The van der Waals surface area contributed by atoms with Gasteiger partial charge in [0.1, 0.15) is 0 Å². The van der Waals surface area contributed by atoms with Crippen LogP contribution in [0.5, 0.6) is 0 Å². The lowest BCUT2D eigenvalue weighted by Gasteiger charge is -2.37. The summed E-state index contributed by atoms with van der Waals surface area (Å²) in [6.45, 7) is 4.21. The number of piperidine rings is 1. The van der Waals surface area contributed by atoms with Crippen LogP contribution in [0.1, 0.15) is 19.3 Å². The Morgan fingerprint density at radius 2 is 1.71 bits per heavy atom. The molecule has 0 spiro atoms. The van der Waals surface area contributed by atoms with Crippen LogP contribution in [-0.2, 0) is 9.47 Å². The van der Waals surface area contributed by atoms with Crippen LogP contribution in [0.25, 0.3) is 10.8 Å². The van der Waals surface area contributed by atoms with Gasteiger partial charge in [-0.1, -0.05) is 30.3 Å². The van der Waals surface area contributed by atoms with Gasteiger partial charge in [-0.15, -0.1) is 0 Å². The zero-order chi connectivity index (χ0) is 23.3. The number of nitrogens with one attached hydrogen (secondary N) is 2. The molecule has 3 heterocycles. The first-order valence-corrected chi connectivity index (χ1v) is 12.1. The van der Waals surface area contributed by atoms with Crippen LogP contribution in [0.15, 0.2) is 42.5 Å². The van der Waals surface area contributed by atoms with Gasteiger partial charge in [-0.25, -0.2) is 0 Å². The predicted molar refractivity (Wildman–Crippen MR) is 135 cm³/mol. The van der Waals surface area contributed by atoms with Crippen molar-refractivity contribution in [3.63, 3.8) is 0 Å². The van der Waals surface area contributed by atoms with Crippen molar-refractivity contribution < 1.29 is 9.47 Å². The van der Waals surface area contributed by atoms with Gasteiger partial charge in [0, 0.05) is 31.7 Å². The van der Waals surface area contributed by atoms with Gasteiger partial charge in [-0.05, 0) is 55.9 Å². The number of rotatable bonds is 8. The summed E-state index contributed by atoms with van der Waals surface area (Å²) >= 11 is 0. The molecule has 5 rings (SSSR count). The van der Waals surface area contributed by atoms with Crippen molar-refractivity contribution >= 4 is 34.3 Å². The Morgan fingerprint density at radius 1 is 0.971 bits per heavy atom. The lowest BCUT2D eigenvalue weighted by atomic mass is 10.0. The normalized spacial score (nSPS) is 17.8. The Balaban J connectivity index is 1.41. The zero-order valence-electron chi connectivity index (χ0n) is 19.9. The standard InChI is InChI=1S/C25H33N7O2/c1-26-23-28-24(27-20-8-7-18-5-3-4-6-19(18)17-20)30-25(29-23)32(14-11-22-33-15-16-34-22)21-9-12-31(2)13-10-21/h3-8,17,21-22H,9-16H2,1-2H3,(H2,26,27,28,29,30). The van der Waals surface area contributed by atoms with Gasteiger partial charge < -0.3 is 29.9 Å². The summed E-state index contributed by atoms with van der Waals surface area (Å²) in [4.78, 5) is 18.9. The van der Waals surface area contributed by atoms with Crippen LogP contribution in [0, 0.1) is 0 Å². The molecule has 9 heteroatoms. The first-order chi connectivity index (χ1) is 16.7. The molecule has 0 atom stereocenters. The molecule has 0 radical (unpaired) electrons. The second-order valence-electron chi connectivity index (χ2n) is 8.91. The highest BCUT2D eigenvalue weighted by molar-refractivity contribution is 5.86. The second-order valence-corrected chi connectivity index (χ2v) is 8.91. The van der Waals surface area contributed by atoms with Gasteiger partial charge in [0.25, 0.3) is 0 Å². The molecule has 0 aliphatic carbocycles. The Morgan fingerprint density at radius 3 is 2.47 bits per heavy atom. The highest BCUT2D eigenvalue weighted by Crippen LogP contribution is 2.26. The third kappa shape index (κ3) is 5.38. The van der Waals surface area contributed by atoms with E-state index >= 15 is 0 Å². The fourth-order valence-corrected chi connectivity index (χ4v) is 4.63. The number of hydrogen-bond acceptors (Lipinski definition) is 9. The number of benzene rings is 2. The van der Waals surface area contributed by atoms with E-state index in [9.17, 15) is 0 Å². The molecule has 1 aromatic heterocycles. The number of hydrogen-bond donors (Lipinski definition) is 2. The summed E-state index contributed by atoms with van der Waals surface area (Å²) in [7, 11) is 4.01. The molecule has 0 bridgehead atoms. The van der Waals surface area contributed by atoms with Crippen LogP contribution in [0.3, 0.4) is 0 Å². The number of fused-ring (bicyclic) bond motifs is 1. The molecule has 180 valence electrons. The van der Waals surface area contributed by atoms with Gasteiger partial charge >= 0.3 is 0 Å². The molecular formula is C25H33N7O2. The maximum Gasteiger partial charge on any atom is 0.233 e. The number of likely N-dealkylation sites (tertiary alicyclic amines) is 1. The van der Waals surface area contributed by atoms with E-state index < -0.39 is 0 Å². The Bertz CT molecular complexity index is 1100. The third-order valence-corrected chi connectivity index (χ3v) is 6.54. The molecule has 2 fully saturated rings. The Labute approximate surface area is 200 Å². The van der Waals surface area contributed by atoms with Crippen molar-refractivity contribution in [2.75, 3.05) is 62.5 Å². The van der Waals surface area contributed by atoms with E-state index in [1.54, 1.807) is 0 Å². The topological polar surface area (TPSA) is 87.7 Å². The van der Waals surface area contributed by atoms with E-state index in [1.807, 2.05) is 25.2 Å². The molecule has 9 nitrogen and oxygen atoms in total. The van der Waals surface area contributed by atoms with Crippen molar-refractivity contribution in [3.05, 3.63) is 42.5 Å². The molecule has 34 heavy (non-hydrogen) atoms. The van der Waals surface area contributed by atoms with Crippen LogP contribution in [0.2, 0.25) is 0 Å². The fraction of sp³-hybridized carbons (Fsp3) is 0.480. The van der Waals surface area contributed by atoms with E-state index in [0.717, 1.165) is 44.6 Å². The summed E-state index contributed by atoms with van der Waals surface area (Å²) in [5.74, 6) is 1.74. The van der Waals surface area contributed by atoms with E-state index in [4.69, 9.17) is 19.4 Å². The summed E-state index contributed by atoms with van der Waals surface area (Å²) in [6.07, 6.45) is 2.75. The fourth-order valence-electron chi connectivity index (χ4n) is 4.63. The molecule has 0 saturated carbocycles. The lowest BCUT2D eigenvalue weighted by Crippen LogP contribution is -2.45. The minimum Gasteiger partial charge on any atom is -0.357 e. The summed E-state index contributed by atoms with van der Waals surface area (Å²) < 4.78 is 11.4. The number of ether oxygens (including phenoxy) is 2. The van der Waals surface area contributed by atoms with Gasteiger partial charge in [-0.2, -0.15) is 15.0 Å². The average molecular weight is 464 g/mol. The quantitative estimate of drug-likeness (QED) is 0.521. The average Bonchev–Trinajstić information content (AvgIpc) is 3.39. The van der Waals surface area contributed by atoms with Crippen LogP contribution < -0.4 is 15.5 Å². The van der Waals surface area contributed by atoms with Gasteiger partial charge in [0.2, 0.25) is 17.8 Å². The van der Waals surface area contributed by atoms with Crippen molar-refractivity contribution in [1.29, 1.82) is 0 Å². The Kier molecular flexibility index (Phi) is 7.03. The van der Waals surface area contributed by atoms with Crippen molar-refractivity contribution in [1.82, 2.24) is 19.9 Å². The molecule has 2 saturated heterocycles. The van der Waals surface area contributed by atoms with Crippen LogP contribution >= 0.6 is 0 Å². The number of anilines is 4. The van der Waals surface area contributed by atoms with E-state index in [0.29, 0.717) is 37.1 Å². The largest absolute Gasteiger partial charge is 0.357 e. The molecule has 2 aliphatic rings. The maximum atomic E-state index is 5.69. The molecule has 3 aromatic rings. The summed E-state index contributed by atoms with van der Waals surface area (Å²) in [5, 5.41) is 8.85. The second kappa shape index (κ2) is 10.5. The third-order valence-electron chi connectivity index (χ3n) is 6.54. The van der Waals surface area contributed by atoms with Crippen molar-refractivity contribution in [2.45, 2.75) is 31.6 Å². The van der Waals surface area contributed by atoms with Gasteiger partial charge in [-0.3, -0.25) is 0 Å².